The molecule has 1 rings (SSSR count). The first kappa shape index (κ1) is 16.0. The number of hydrogen-bond acceptors (Lipinski definition) is 3. The fourth-order valence-electron chi connectivity index (χ4n) is 1.70. The fourth-order valence-corrected chi connectivity index (χ4v) is 1.70. The molecule has 0 aliphatic carbocycles. The summed E-state index contributed by atoms with van der Waals surface area (Å²) in [6, 6.07) is 6.57. The number of nitrogen functional groups attached to an aromatic ring is 1. The third kappa shape index (κ3) is 4.57. The molecule has 0 spiro atoms. The first-order valence-electron chi connectivity index (χ1n) is 6.85. The maximum atomic E-state index is 11.8. The highest BCUT2D eigenvalue weighted by Gasteiger charge is 2.21. The van der Waals surface area contributed by atoms with Gasteiger partial charge in [-0.3, -0.25) is 9.59 Å². The summed E-state index contributed by atoms with van der Waals surface area (Å²) >= 11 is 0. The number of anilines is 1. The Morgan fingerprint density at radius 2 is 1.70 bits per heavy atom. The summed E-state index contributed by atoms with van der Waals surface area (Å²) in [5.41, 5.74) is 6.42. The summed E-state index contributed by atoms with van der Waals surface area (Å²) < 4.78 is 0. The van der Waals surface area contributed by atoms with E-state index in [1.807, 2.05) is 20.8 Å². The lowest BCUT2D eigenvalue weighted by atomic mass is 9.95. The standard InChI is InChI=1S/C15H23N3O2/c1-4-15(3,5-2)18-13(19)10-17-14(20)11-6-8-12(16)9-7-11/h6-9H,4-5,10,16H2,1-3H3,(H,17,20)(H,18,19). The molecule has 0 radical (unpaired) electrons. The van der Waals surface area contributed by atoms with Gasteiger partial charge in [-0.25, -0.2) is 0 Å². The van der Waals surface area contributed by atoms with E-state index in [4.69, 9.17) is 5.73 Å². The van der Waals surface area contributed by atoms with E-state index in [1.54, 1.807) is 24.3 Å². The van der Waals surface area contributed by atoms with Crippen molar-refractivity contribution in [2.24, 2.45) is 0 Å². The monoisotopic (exact) mass is 277 g/mol. The first-order valence-corrected chi connectivity index (χ1v) is 6.85. The fraction of sp³-hybridized carbons (Fsp3) is 0.467. The van der Waals surface area contributed by atoms with Gasteiger partial charge in [-0.05, 0) is 44.0 Å². The van der Waals surface area contributed by atoms with Crippen LogP contribution in [0.4, 0.5) is 5.69 Å². The molecule has 0 aromatic heterocycles. The molecule has 5 nitrogen and oxygen atoms in total. The topological polar surface area (TPSA) is 84.2 Å². The van der Waals surface area contributed by atoms with E-state index in [2.05, 4.69) is 10.6 Å². The van der Waals surface area contributed by atoms with E-state index in [0.29, 0.717) is 11.3 Å². The summed E-state index contributed by atoms with van der Waals surface area (Å²) in [5, 5.41) is 5.53. The van der Waals surface area contributed by atoms with Crippen LogP contribution in [0.2, 0.25) is 0 Å². The molecule has 0 saturated heterocycles. The zero-order chi connectivity index (χ0) is 15.2. The van der Waals surface area contributed by atoms with Gasteiger partial charge in [-0.15, -0.1) is 0 Å². The quantitative estimate of drug-likeness (QED) is 0.692. The van der Waals surface area contributed by atoms with Crippen molar-refractivity contribution < 1.29 is 9.59 Å². The molecular formula is C15H23N3O2. The predicted octanol–water partition coefficient (Wildman–Crippen LogP) is 1.69. The molecule has 0 aliphatic heterocycles. The van der Waals surface area contributed by atoms with Crippen LogP contribution in [-0.4, -0.2) is 23.9 Å². The van der Waals surface area contributed by atoms with E-state index < -0.39 is 0 Å². The largest absolute Gasteiger partial charge is 0.399 e. The maximum Gasteiger partial charge on any atom is 0.251 e. The van der Waals surface area contributed by atoms with Crippen LogP contribution in [0.5, 0.6) is 0 Å². The highest BCUT2D eigenvalue weighted by atomic mass is 16.2. The second-order valence-corrected chi connectivity index (χ2v) is 5.12. The molecule has 1 aromatic carbocycles. The smallest absolute Gasteiger partial charge is 0.251 e. The molecule has 0 fully saturated rings. The minimum Gasteiger partial charge on any atom is -0.399 e. The lowest BCUT2D eigenvalue weighted by Crippen LogP contribution is -2.48. The lowest BCUT2D eigenvalue weighted by Gasteiger charge is -2.28. The minimum absolute atomic E-state index is 0.0290. The van der Waals surface area contributed by atoms with Crippen molar-refractivity contribution in [3.05, 3.63) is 29.8 Å². The second-order valence-electron chi connectivity index (χ2n) is 5.12. The van der Waals surface area contributed by atoms with Crippen molar-refractivity contribution in [2.75, 3.05) is 12.3 Å². The molecule has 5 heteroatoms. The van der Waals surface area contributed by atoms with Crippen LogP contribution in [0.15, 0.2) is 24.3 Å². The Bertz CT molecular complexity index is 465. The summed E-state index contributed by atoms with van der Waals surface area (Å²) in [6.45, 7) is 6.01. The molecule has 0 atom stereocenters. The molecule has 4 N–H and O–H groups in total. The first-order chi connectivity index (χ1) is 9.40. The highest BCUT2D eigenvalue weighted by Crippen LogP contribution is 2.12. The molecule has 0 heterocycles. The Balaban J connectivity index is 2.49. The Labute approximate surface area is 119 Å². The van der Waals surface area contributed by atoms with Crippen LogP contribution in [0.3, 0.4) is 0 Å². The molecule has 1 aromatic rings. The molecule has 2 amide bonds. The van der Waals surface area contributed by atoms with Crippen LogP contribution >= 0.6 is 0 Å². The number of carbonyl (C=O) groups excluding carboxylic acids is 2. The lowest BCUT2D eigenvalue weighted by molar-refractivity contribution is -0.122. The SMILES string of the molecule is CCC(C)(CC)NC(=O)CNC(=O)c1ccc(N)cc1. The van der Waals surface area contributed by atoms with E-state index >= 15 is 0 Å². The normalized spacial score (nSPS) is 10.9. The van der Waals surface area contributed by atoms with Gasteiger partial charge < -0.3 is 16.4 Å². The molecule has 0 unspecified atom stereocenters. The van der Waals surface area contributed by atoms with Crippen LogP contribution in [0.25, 0.3) is 0 Å². The third-order valence-corrected chi connectivity index (χ3v) is 3.58. The van der Waals surface area contributed by atoms with Crippen molar-refractivity contribution in [3.8, 4) is 0 Å². The van der Waals surface area contributed by atoms with Gasteiger partial charge in [0.1, 0.15) is 0 Å². The second kappa shape index (κ2) is 6.93. The zero-order valence-electron chi connectivity index (χ0n) is 12.3. The average molecular weight is 277 g/mol. The Morgan fingerprint density at radius 3 is 2.20 bits per heavy atom. The van der Waals surface area contributed by atoms with Gasteiger partial charge in [0, 0.05) is 16.8 Å². The maximum absolute atomic E-state index is 11.8. The summed E-state index contributed by atoms with van der Waals surface area (Å²) in [5.74, 6) is -0.463. The summed E-state index contributed by atoms with van der Waals surface area (Å²) in [6.07, 6.45) is 1.70. The van der Waals surface area contributed by atoms with Gasteiger partial charge in [-0.1, -0.05) is 13.8 Å². The number of nitrogens with two attached hydrogens (primary N) is 1. The minimum atomic E-state index is -0.283. The van der Waals surface area contributed by atoms with Gasteiger partial charge in [0.2, 0.25) is 5.91 Å². The molecule has 0 saturated carbocycles. The summed E-state index contributed by atoms with van der Waals surface area (Å²) in [4.78, 5) is 23.7. The van der Waals surface area contributed by atoms with Gasteiger partial charge >= 0.3 is 0 Å². The Kier molecular flexibility index (Phi) is 5.55. The van der Waals surface area contributed by atoms with Crippen molar-refractivity contribution in [1.82, 2.24) is 10.6 Å². The van der Waals surface area contributed by atoms with Crippen molar-refractivity contribution in [2.45, 2.75) is 39.2 Å². The molecule has 20 heavy (non-hydrogen) atoms. The number of benzene rings is 1. The number of nitrogens with one attached hydrogen (secondary N) is 2. The van der Waals surface area contributed by atoms with Crippen LogP contribution < -0.4 is 16.4 Å². The van der Waals surface area contributed by atoms with Crippen LogP contribution in [0.1, 0.15) is 44.0 Å². The predicted molar refractivity (Wildman–Crippen MR) is 80.3 cm³/mol. The third-order valence-electron chi connectivity index (χ3n) is 3.58. The number of rotatable bonds is 6. The average Bonchev–Trinajstić information content (AvgIpc) is 2.45. The van der Waals surface area contributed by atoms with Crippen molar-refractivity contribution >= 4 is 17.5 Å². The van der Waals surface area contributed by atoms with Gasteiger partial charge in [0.15, 0.2) is 0 Å². The van der Waals surface area contributed by atoms with E-state index in [1.165, 1.54) is 0 Å². The molecule has 0 aliphatic rings. The van der Waals surface area contributed by atoms with E-state index in [-0.39, 0.29) is 23.9 Å². The molecule has 0 bridgehead atoms. The van der Waals surface area contributed by atoms with E-state index in [9.17, 15) is 9.59 Å². The number of amides is 2. The van der Waals surface area contributed by atoms with Gasteiger partial charge in [-0.2, -0.15) is 0 Å². The molecular weight excluding hydrogens is 254 g/mol. The van der Waals surface area contributed by atoms with Gasteiger partial charge in [0.05, 0.1) is 6.54 Å². The molecule has 110 valence electrons. The van der Waals surface area contributed by atoms with Gasteiger partial charge in [0.25, 0.3) is 5.91 Å². The Morgan fingerprint density at radius 1 is 1.15 bits per heavy atom. The van der Waals surface area contributed by atoms with Crippen LogP contribution in [0, 0.1) is 0 Å². The zero-order valence-corrected chi connectivity index (χ0v) is 12.3. The van der Waals surface area contributed by atoms with Crippen molar-refractivity contribution in [1.29, 1.82) is 0 Å². The number of hydrogen-bond donors (Lipinski definition) is 3. The van der Waals surface area contributed by atoms with E-state index in [0.717, 1.165) is 12.8 Å². The highest BCUT2D eigenvalue weighted by molar-refractivity contribution is 5.96. The van der Waals surface area contributed by atoms with Crippen molar-refractivity contribution in [3.63, 3.8) is 0 Å². The number of carbonyl (C=O) groups is 2. The summed E-state index contributed by atoms with van der Waals surface area (Å²) in [7, 11) is 0. The van der Waals surface area contributed by atoms with Crippen LogP contribution in [-0.2, 0) is 4.79 Å². The Hall–Kier alpha value is -2.04.